The molecule has 2 rings (SSSR count). The smallest absolute Gasteiger partial charge is 0.223 e. The summed E-state index contributed by atoms with van der Waals surface area (Å²) in [6.45, 7) is 4.47. The third kappa shape index (κ3) is 2.81. The van der Waals surface area contributed by atoms with Crippen LogP contribution in [0.15, 0.2) is 18.2 Å². The van der Waals surface area contributed by atoms with Gasteiger partial charge in [0.15, 0.2) is 0 Å². The molecule has 1 aromatic rings. The lowest BCUT2D eigenvalue weighted by molar-refractivity contribution is -0.116. The van der Waals surface area contributed by atoms with Crippen molar-refractivity contribution in [3.63, 3.8) is 0 Å². The molecule has 3 heteroatoms. The number of amides is 1. The lowest BCUT2D eigenvalue weighted by Crippen LogP contribution is -2.33. The van der Waals surface area contributed by atoms with Gasteiger partial charge in [-0.1, -0.05) is 12.1 Å². The largest absolute Gasteiger partial charge is 0.312 e. The van der Waals surface area contributed by atoms with Crippen LogP contribution in [-0.4, -0.2) is 17.8 Å². The van der Waals surface area contributed by atoms with Crippen molar-refractivity contribution in [1.82, 2.24) is 0 Å². The molecular weight excluding hydrogens is 234 g/mol. The van der Waals surface area contributed by atoms with Gasteiger partial charge >= 0.3 is 0 Å². The molecule has 17 heavy (non-hydrogen) atoms. The Morgan fingerprint density at radius 2 is 2.29 bits per heavy atom. The molecule has 0 saturated heterocycles. The number of fused-ring (bicyclic) bond motifs is 1. The van der Waals surface area contributed by atoms with Gasteiger partial charge in [0.25, 0.3) is 0 Å². The average Bonchev–Trinajstić information content (AvgIpc) is 2.26. The minimum absolute atomic E-state index is 0.129. The van der Waals surface area contributed by atoms with Gasteiger partial charge in [0.05, 0.1) is 0 Å². The van der Waals surface area contributed by atoms with Gasteiger partial charge in [-0.25, -0.2) is 0 Å². The molecule has 1 aliphatic heterocycles. The molecule has 0 saturated carbocycles. The molecule has 0 N–H and O–H groups in total. The van der Waals surface area contributed by atoms with Crippen LogP contribution in [0.1, 0.15) is 31.4 Å². The Labute approximate surface area is 108 Å². The minimum atomic E-state index is 0.129. The van der Waals surface area contributed by atoms with Crippen molar-refractivity contribution < 1.29 is 4.79 Å². The maximum atomic E-state index is 11.5. The van der Waals surface area contributed by atoms with Crippen molar-refractivity contribution in [2.45, 2.75) is 38.5 Å². The molecule has 0 spiro atoms. The number of carbonyl (C=O) groups is 1. The number of rotatable bonds is 2. The number of alkyl halides is 1. The van der Waals surface area contributed by atoms with E-state index >= 15 is 0 Å². The highest BCUT2D eigenvalue weighted by Gasteiger charge is 2.19. The topological polar surface area (TPSA) is 20.3 Å². The van der Waals surface area contributed by atoms with E-state index in [0.29, 0.717) is 0 Å². The van der Waals surface area contributed by atoms with Crippen LogP contribution in [-0.2, 0) is 17.6 Å². The van der Waals surface area contributed by atoms with Crippen LogP contribution < -0.4 is 4.90 Å². The summed E-state index contributed by atoms with van der Waals surface area (Å²) in [7, 11) is 0. The van der Waals surface area contributed by atoms with Crippen LogP contribution in [0.5, 0.6) is 0 Å². The molecule has 0 aliphatic carbocycles. The van der Waals surface area contributed by atoms with Gasteiger partial charge < -0.3 is 4.90 Å². The SMILES string of the molecule is CC(=O)N1CCCc2cc(CC(C)Cl)ccc21. The first kappa shape index (κ1) is 12.4. The van der Waals surface area contributed by atoms with Crippen LogP contribution in [0.3, 0.4) is 0 Å². The average molecular weight is 252 g/mol. The molecule has 1 aromatic carbocycles. The van der Waals surface area contributed by atoms with Crippen LogP contribution in [0.25, 0.3) is 0 Å². The summed E-state index contributed by atoms with van der Waals surface area (Å²) < 4.78 is 0. The van der Waals surface area contributed by atoms with E-state index in [0.717, 1.165) is 31.5 Å². The molecule has 1 aliphatic rings. The second kappa shape index (κ2) is 5.09. The fraction of sp³-hybridized carbons (Fsp3) is 0.500. The maximum Gasteiger partial charge on any atom is 0.223 e. The third-order valence-electron chi connectivity index (χ3n) is 3.16. The normalized spacial score (nSPS) is 16.5. The van der Waals surface area contributed by atoms with Gasteiger partial charge in [0, 0.05) is 24.5 Å². The Hall–Kier alpha value is -1.02. The fourth-order valence-corrected chi connectivity index (χ4v) is 2.61. The Morgan fingerprint density at radius 3 is 2.94 bits per heavy atom. The Balaban J connectivity index is 2.29. The van der Waals surface area contributed by atoms with E-state index in [2.05, 4.69) is 18.2 Å². The molecule has 1 atom stereocenters. The van der Waals surface area contributed by atoms with Crippen molar-refractivity contribution in [2.75, 3.05) is 11.4 Å². The first-order valence-electron chi connectivity index (χ1n) is 6.12. The fourth-order valence-electron chi connectivity index (χ4n) is 2.43. The number of halogens is 1. The van der Waals surface area contributed by atoms with Crippen LogP contribution in [0.4, 0.5) is 5.69 Å². The highest BCUT2D eigenvalue weighted by molar-refractivity contribution is 6.20. The first-order chi connectivity index (χ1) is 8.08. The first-order valence-corrected chi connectivity index (χ1v) is 6.55. The second-order valence-electron chi connectivity index (χ2n) is 4.72. The van der Waals surface area contributed by atoms with E-state index in [4.69, 9.17) is 11.6 Å². The predicted molar refractivity (Wildman–Crippen MR) is 71.8 cm³/mol. The minimum Gasteiger partial charge on any atom is -0.312 e. The Kier molecular flexibility index (Phi) is 3.72. The zero-order chi connectivity index (χ0) is 12.4. The van der Waals surface area contributed by atoms with E-state index in [1.54, 1.807) is 6.92 Å². The molecule has 1 amide bonds. The highest BCUT2D eigenvalue weighted by Crippen LogP contribution is 2.28. The Bertz CT molecular complexity index is 428. The summed E-state index contributed by atoms with van der Waals surface area (Å²) >= 11 is 6.01. The summed E-state index contributed by atoms with van der Waals surface area (Å²) in [5, 5.41) is 0.153. The van der Waals surface area contributed by atoms with Gasteiger partial charge in [0.1, 0.15) is 0 Å². The lowest BCUT2D eigenvalue weighted by Gasteiger charge is -2.29. The van der Waals surface area contributed by atoms with E-state index in [1.807, 2.05) is 11.8 Å². The van der Waals surface area contributed by atoms with E-state index < -0.39 is 0 Å². The number of benzene rings is 1. The zero-order valence-corrected chi connectivity index (χ0v) is 11.1. The molecule has 0 radical (unpaired) electrons. The molecular formula is C14H18ClNO. The number of nitrogens with zero attached hydrogens (tertiary/aromatic N) is 1. The van der Waals surface area contributed by atoms with Crippen LogP contribution >= 0.6 is 11.6 Å². The van der Waals surface area contributed by atoms with Crippen molar-refractivity contribution >= 4 is 23.2 Å². The van der Waals surface area contributed by atoms with E-state index in [-0.39, 0.29) is 11.3 Å². The summed E-state index contributed by atoms with van der Waals surface area (Å²) in [6, 6.07) is 6.34. The molecule has 92 valence electrons. The molecule has 1 unspecified atom stereocenters. The molecule has 0 fully saturated rings. The summed E-state index contributed by atoms with van der Waals surface area (Å²) in [5.74, 6) is 0.129. The number of carbonyl (C=O) groups excluding carboxylic acids is 1. The van der Waals surface area contributed by atoms with Gasteiger partial charge in [-0.15, -0.1) is 11.6 Å². The Morgan fingerprint density at radius 1 is 1.53 bits per heavy atom. The van der Waals surface area contributed by atoms with Gasteiger partial charge in [-0.2, -0.15) is 0 Å². The number of hydrogen-bond donors (Lipinski definition) is 0. The molecule has 1 heterocycles. The molecule has 0 aromatic heterocycles. The standard InChI is InChI=1S/C14H18ClNO/c1-10(15)8-12-5-6-14-13(9-12)4-3-7-16(14)11(2)17/h5-6,9-10H,3-4,7-8H2,1-2H3. The van der Waals surface area contributed by atoms with Gasteiger partial charge in [0.2, 0.25) is 5.91 Å². The second-order valence-corrected chi connectivity index (χ2v) is 5.47. The van der Waals surface area contributed by atoms with Crippen molar-refractivity contribution in [3.8, 4) is 0 Å². The van der Waals surface area contributed by atoms with Crippen LogP contribution in [0, 0.1) is 0 Å². The van der Waals surface area contributed by atoms with Crippen molar-refractivity contribution in [1.29, 1.82) is 0 Å². The number of hydrogen-bond acceptors (Lipinski definition) is 1. The van der Waals surface area contributed by atoms with Gasteiger partial charge in [-0.3, -0.25) is 4.79 Å². The lowest BCUT2D eigenvalue weighted by atomic mass is 9.97. The van der Waals surface area contributed by atoms with Crippen LogP contribution in [0.2, 0.25) is 0 Å². The van der Waals surface area contributed by atoms with Gasteiger partial charge in [-0.05, 0) is 43.4 Å². The summed E-state index contributed by atoms with van der Waals surface area (Å²) in [6.07, 6.45) is 2.99. The third-order valence-corrected chi connectivity index (χ3v) is 3.31. The molecule has 2 nitrogen and oxygen atoms in total. The van der Waals surface area contributed by atoms with Crippen molar-refractivity contribution in [3.05, 3.63) is 29.3 Å². The zero-order valence-electron chi connectivity index (χ0n) is 10.4. The number of anilines is 1. The summed E-state index contributed by atoms with van der Waals surface area (Å²) in [4.78, 5) is 13.4. The number of aryl methyl sites for hydroxylation is 1. The van der Waals surface area contributed by atoms with Crippen molar-refractivity contribution in [2.24, 2.45) is 0 Å². The quantitative estimate of drug-likeness (QED) is 0.740. The highest BCUT2D eigenvalue weighted by atomic mass is 35.5. The maximum absolute atomic E-state index is 11.5. The molecule has 0 bridgehead atoms. The predicted octanol–water partition coefficient (Wildman–Crippen LogP) is 3.16. The monoisotopic (exact) mass is 251 g/mol. The summed E-state index contributed by atoms with van der Waals surface area (Å²) in [5.41, 5.74) is 3.62. The van der Waals surface area contributed by atoms with E-state index in [9.17, 15) is 4.79 Å². The van der Waals surface area contributed by atoms with E-state index in [1.165, 1.54) is 11.1 Å².